The van der Waals surface area contributed by atoms with Crippen LogP contribution in [0.15, 0.2) is 36.9 Å². The second-order valence-electron chi connectivity index (χ2n) is 5.27. The van der Waals surface area contributed by atoms with Crippen LogP contribution in [0.2, 0.25) is 0 Å². The Labute approximate surface area is 123 Å². The third kappa shape index (κ3) is 2.95. The lowest BCUT2D eigenvalue weighted by atomic mass is 10.0. The molecule has 1 amide bonds. The highest BCUT2D eigenvalue weighted by molar-refractivity contribution is 5.94. The van der Waals surface area contributed by atoms with E-state index in [2.05, 4.69) is 15.4 Å². The van der Waals surface area contributed by atoms with Crippen LogP contribution in [-0.2, 0) is 0 Å². The Morgan fingerprint density at radius 2 is 2.33 bits per heavy atom. The van der Waals surface area contributed by atoms with E-state index in [4.69, 9.17) is 0 Å². The minimum Gasteiger partial charge on any atom is -0.337 e. The largest absolute Gasteiger partial charge is 0.337 e. The number of hydrogen-bond donors (Lipinski definition) is 1. The first-order valence-electron chi connectivity index (χ1n) is 7.19. The molecule has 0 aliphatic carbocycles. The van der Waals surface area contributed by atoms with E-state index in [1.54, 1.807) is 11.0 Å². The molecule has 1 aliphatic heterocycles. The Morgan fingerprint density at radius 3 is 3.10 bits per heavy atom. The SMILES string of the molecule is CN[C@H]1CCCN(C(=O)c2cccc(-n3cncn3)c2)C1. The fourth-order valence-corrected chi connectivity index (χ4v) is 2.70. The zero-order chi connectivity index (χ0) is 14.7. The Kier molecular flexibility index (Phi) is 3.96. The van der Waals surface area contributed by atoms with E-state index in [1.807, 2.05) is 36.2 Å². The number of nitrogens with zero attached hydrogens (tertiary/aromatic N) is 4. The number of rotatable bonds is 3. The highest BCUT2D eigenvalue weighted by Crippen LogP contribution is 2.16. The summed E-state index contributed by atoms with van der Waals surface area (Å²) in [5, 5.41) is 7.35. The molecule has 1 saturated heterocycles. The number of benzene rings is 1. The second-order valence-corrected chi connectivity index (χ2v) is 5.27. The molecule has 0 spiro atoms. The summed E-state index contributed by atoms with van der Waals surface area (Å²) >= 11 is 0. The van der Waals surface area contributed by atoms with Crippen molar-refractivity contribution in [2.75, 3.05) is 20.1 Å². The predicted octanol–water partition coefficient (Wildman–Crippen LogP) is 1.09. The van der Waals surface area contributed by atoms with Crippen molar-refractivity contribution in [2.24, 2.45) is 0 Å². The van der Waals surface area contributed by atoms with Gasteiger partial charge in [0.25, 0.3) is 5.91 Å². The summed E-state index contributed by atoms with van der Waals surface area (Å²) in [5.74, 6) is 0.0805. The van der Waals surface area contributed by atoms with E-state index in [1.165, 1.54) is 6.33 Å². The molecule has 6 heteroatoms. The number of hydrogen-bond acceptors (Lipinski definition) is 4. The summed E-state index contributed by atoms with van der Waals surface area (Å²) in [6.45, 7) is 1.59. The van der Waals surface area contributed by atoms with Crippen molar-refractivity contribution in [1.29, 1.82) is 0 Å². The van der Waals surface area contributed by atoms with Crippen molar-refractivity contribution < 1.29 is 4.79 Å². The van der Waals surface area contributed by atoms with Gasteiger partial charge in [0.05, 0.1) is 5.69 Å². The van der Waals surface area contributed by atoms with Crippen LogP contribution in [0.25, 0.3) is 5.69 Å². The van der Waals surface area contributed by atoms with E-state index in [0.29, 0.717) is 11.6 Å². The van der Waals surface area contributed by atoms with Crippen molar-refractivity contribution in [1.82, 2.24) is 25.0 Å². The molecule has 0 saturated carbocycles. The Hall–Kier alpha value is -2.21. The monoisotopic (exact) mass is 285 g/mol. The summed E-state index contributed by atoms with van der Waals surface area (Å²) in [4.78, 5) is 18.5. The minimum absolute atomic E-state index is 0.0805. The molecule has 1 aliphatic rings. The van der Waals surface area contributed by atoms with Gasteiger partial charge < -0.3 is 10.2 Å². The highest BCUT2D eigenvalue weighted by atomic mass is 16.2. The molecule has 1 aromatic heterocycles. The molecule has 2 heterocycles. The summed E-state index contributed by atoms with van der Waals surface area (Å²) in [7, 11) is 1.95. The van der Waals surface area contributed by atoms with Crippen molar-refractivity contribution in [3.8, 4) is 5.69 Å². The third-order valence-electron chi connectivity index (χ3n) is 3.89. The average Bonchev–Trinajstić information content (AvgIpc) is 3.09. The molecule has 110 valence electrons. The van der Waals surface area contributed by atoms with Gasteiger partial charge >= 0.3 is 0 Å². The van der Waals surface area contributed by atoms with Gasteiger partial charge in [-0.05, 0) is 38.1 Å². The zero-order valence-corrected chi connectivity index (χ0v) is 12.1. The van der Waals surface area contributed by atoms with Crippen molar-refractivity contribution in [2.45, 2.75) is 18.9 Å². The van der Waals surface area contributed by atoms with Crippen molar-refractivity contribution >= 4 is 5.91 Å². The van der Waals surface area contributed by atoms with E-state index in [-0.39, 0.29) is 5.91 Å². The molecule has 0 bridgehead atoms. The van der Waals surface area contributed by atoms with Gasteiger partial charge in [-0.1, -0.05) is 6.07 Å². The quantitative estimate of drug-likeness (QED) is 0.917. The summed E-state index contributed by atoms with van der Waals surface area (Å²) in [6.07, 6.45) is 5.28. The number of carbonyl (C=O) groups excluding carboxylic acids is 1. The van der Waals surface area contributed by atoms with Gasteiger partial charge in [0.15, 0.2) is 0 Å². The zero-order valence-electron chi connectivity index (χ0n) is 12.1. The molecule has 1 fully saturated rings. The molecule has 2 aromatic rings. The topological polar surface area (TPSA) is 63.1 Å². The standard InChI is InChI=1S/C15H19N5O/c1-16-13-5-3-7-19(9-13)15(21)12-4-2-6-14(8-12)20-11-17-10-18-20/h2,4,6,8,10-11,13,16H,3,5,7,9H2,1H3/t13-/m0/s1. The third-order valence-corrected chi connectivity index (χ3v) is 3.89. The van der Waals surface area contributed by atoms with E-state index in [0.717, 1.165) is 31.6 Å². The van der Waals surface area contributed by atoms with Gasteiger partial charge in [-0.2, -0.15) is 5.10 Å². The minimum atomic E-state index is 0.0805. The van der Waals surface area contributed by atoms with Gasteiger partial charge in [0, 0.05) is 24.7 Å². The number of likely N-dealkylation sites (N-methyl/N-ethyl adjacent to an activating group) is 1. The normalized spacial score (nSPS) is 18.7. The lowest BCUT2D eigenvalue weighted by Gasteiger charge is -2.32. The Bertz CT molecular complexity index is 610. The lowest BCUT2D eigenvalue weighted by molar-refractivity contribution is 0.0698. The summed E-state index contributed by atoms with van der Waals surface area (Å²) in [5.41, 5.74) is 1.54. The molecule has 21 heavy (non-hydrogen) atoms. The van der Waals surface area contributed by atoms with Crippen molar-refractivity contribution in [3.63, 3.8) is 0 Å². The average molecular weight is 285 g/mol. The molecule has 0 radical (unpaired) electrons. The second kappa shape index (κ2) is 6.05. The highest BCUT2D eigenvalue weighted by Gasteiger charge is 2.23. The van der Waals surface area contributed by atoms with Crippen LogP contribution in [0.5, 0.6) is 0 Å². The van der Waals surface area contributed by atoms with Crippen LogP contribution in [-0.4, -0.2) is 51.8 Å². The molecule has 3 rings (SSSR count). The molecule has 1 atom stereocenters. The van der Waals surface area contributed by atoms with Crippen LogP contribution in [0.4, 0.5) is 0 Å². The van der Waals surface area contributed by atoms with E-state index < -0.39 is 0 Å². The maximum Gasteiger partial charge on any atom is 0.253 e. The molecule has 1 N–H and O–H groups in total. The predicted molar refractivity (Wildman–Crippen MR) is 79.3 cm³/mol. The molecular formula is C15H19N5O. The number of piperidine rings is 1. The lowest BCUT2D eigenvalue weighted by Crippen LogP contribution is -2.46. The van der Waals surface area contributed by atoms with Crippen LogP contribution in [0.3, 0.4) is 0 Å². The van der Waals surface area contributed by atoms with Gasteiger partial charge in [-0.15, -0.1) is 0 Å². The summed E-state index contributed by atoms with van der Waals surface area (Å²) < 4.78 is 1.66. The number of aromatic nitrogens is 3. The molecule has 6 nitrogen and oxygen atoms in total. The molecule has 1 aromatic carbocycles. The first kappa shape index (κ1) is 13.8. The van der Waals surface area contributed by atoms with Gasteiger partial charge in [-0.25, -0.2) is 9.67 Å². The van der Waals surface area contributed by atoms with Gasteiger partial charge in [-0.3, -0.25) is 4.79 Å². The number of carbonyl (C=O) groups is 1. The smallest absolute Gasteiger partial charge is 0.253 e. The first-order valence-corrected chi connectivity index (χ1v) is 7.19. The van der Waals surface area contributed by atoms with E-state index in [9.17, 15) is 4.79 Å². The van der Waals surface area contributed by atoms with Crippen LogP contribution in [0.1, 0.15) is 23.2 Å². The van der Waals surface area contributed by atoms with Crippen LogP contribution < -0.4 is 5.32 Å². The van der Waals surface area contributed by atoms with Crippen LogP contribution in [0, 0.1) is 0 Å². The maximum absolute atomic E-state index is 12.6. The van der Waals surface area contributed by atoms with Crippen molar-refractivity contribution in [3.05, 3.63) is 42.5 Å². The molecule has 0 unspecified atom stereocenters. The van der Waals surface area contributed by atoms with Gasteiger partial charge in [0.1, 0.15) is 12.7 Å². The Morgan fingerprint density at radius 1 is 1.43 bits per heavy atom. The number of amides is 1. The molecular weight excluding hydrogens is 266 g/mol. The van der Waals surface area contributed by atoms with E-state index >= 15 is 0 Å². The van der Waals surface area contributed by atoms with Crippen LogP contribution >= 0.6 is 0 Å². The number of nitrogens with one attached hydrogen (secondary N) is 1. The fraction of sp³-hybridized carbons (Fsp3) is 0.400. The maximum atomic E-state index is 12.6. The first-order chi connectivity index (χ1) is 10.3. The Balaban J connectivity index is 1.80. The fourth-order valence-electron chi connectivity index (χ4n) is 2.70. The summed E-state index contributed by atoms with van der Waals surface area (Å²) in [6, 6.07) is 7.90. The van der Waals surface area contributed by atoms with Gasteiger partial charge in [0.2, 0.25) is 0 Å². The number of likely N-dealkylation sites (tertiary alicyclic amines) is 1.